The molecule has 2 aliphatic carbocycles. The fourth-order valence-electron chi connectivity index (χ4n) is 3.64. The summed E-state index contributed by atoms with van der Waals surface area (Å²) in [6, 6.07) is 20.0. The monoisotopic (exact) mass is 624 g/mol. The summed E-state index contributed by atoms with van der Waals surface area (Å²) in [6.07, 6.45) is 17.2. The Bertz CT molecular complexity index is 1550. The molecule has 2 aromatic carbocycles. The molecule has 2 aliphatic rings. The molecule has 0 fully saturated rings. The van der Waals surface area contributed by atoms with E-state index in [2.05, 4.69) is 20.6 Å². The number of carbonyl (C=O) groups excluding carboxylic acids is 2. The van der Waals surface area contributed by atoms with Gasteiger partial charge in [0, 0.05) is 64.9 Å². The summed E-state index contributed by atoms with van der Waals surface area (Å²) in [6.45, 7) is 0. The van der Waals surface area contributed by atoms with E-state index in [-0.39, 0.29) is 31.0 Å². The van der Waals surface area contributed by atoms with Gasteiger partial charge in [0.25, 0.3) is 0 Å². The molecule has 0 aliphatic heterocycles. The Morgan fingerprint density at radius 3 is 1.34 bits per heavy atom. The van der Waals surface area contributed by atoms with E-state index in [9.17, 15) is 9.59 Å². The van der Waals surface area contributed by atoms with Crippen LogP contribution in [0.2, 0.25) is 0 Å². The van der Waals surface area contributed by atoms with E-state index < -0.39 is 0 Å². The van der Waals surface area contributed by atoms with Crippen LogP contribution in [-0.4, -0.2) is 21.5 Å². The second-order valence-electron chi connectivity index (χ2n) is 8.46. The van der Waals surface area contributed by atoms with Gasteiger partial charge in [0.2, 0.25) is 0 Å². The molecule has 2 aromatic heterocycles. The van der Waals surface area contributed by atoms with Gasteiger partial charge in [0.1, 0.15) is 0 Å². The van der Waals surface area contributed by atoms with Crippen molar-refractivity contribution >= 4 is 44.5 Å². The number of allylic oxidation sites excluding steroid dienone is 10. The van der Waals surface area contributed by atoms with E-state index in [1.165, 1.54) is 22.7 Å². The zero-order valence-corrected chi connectivity index (χ0v) is 26.5. The van der Waals surface area contributed by atoms with E-state index in [1.807, 2.05) is 83.6 Å². The van der Waals surface area contributed by atoms with Gasteiger partial charge in [-0.25, -0.2) is 9.97 Å². The van der Waals surface area contributed by atoms with E-state index in [0.717, 1.165) is 32.8 Å². The number of hydrogen-bond donors (Lipinski definition) is 2. The molecule has 41 heavy (non-hydrogen) atoms. The van der Waals surface area contributed by atoms with Crippen LogP contribution in [0.25, 0.3) is 22.5 Å². The Hall–Kier alpha value is -4.30. The maximum Gasteiger partial charge on any atom is 0.187 e. The normalized spacial score (nSPS) is 15.4. The summed E-state index contributed by atoms with van der Waals surface area (Å²) < 4.78 is 0. The zero-order chi connectivity index (χ0) is 27.6. The van der Waals surface area contributed by atoms with Crippen LogP contribution in [0.3, 0.4) is 0 Å². The number of hydrogen-bond acceptors (Lipinski definition) is 8. The third-order valence-corrected chi connectivity index (χ3v) is 7.23. The quantitative estimate of drug-likeness (QED) is 0.170. The SMILES string of the molecule is O=C1C=CC=CC1=CNc1nc(-c2ccccc2)cs1.O=C1C=CC=CC1=CNc1nc(-c2ccccc2)cs1.[Zn]. The smallest absolute Gasteiger partial charge is 0.187 e. The molecule has 0 saturated heterocycles. The number of carbonyl (C=O) groups is 2. The average molecular weight is 626 g/mol. The molecule has 0 radical (unpaired) electrons. The number of rotatable bonds is 6. The van der Waals surface area contributed by atoms with Crippen molar-refractivity contribution in [3.8, 4) is 22.5 Å². The maximum absolute atomic E-state index is 11.6. The molecule has 6 rings (SSSR count). The molecule has 0 amide bonds. The summed E-state index contributed by atoms with van der Waals surface area (Å²) >= 11 is 3.03. The number of aromatic nitrogens is 2. The minimum atomic E-state index is -0.000149. The van der Waals surface area contributed by atoms with Crippen molar-refractivity contribution in [2.24, 2.45) is 0 Å². The van der Waals surface area contributed by atoms with Crippen LogP contribution < -0.4 is 10.6 Å². The Kier molecular flexibility index (Phi) is 10.8. The van der Waals surface area contributed by atoms with Crippen LogP contribution in [-0.2, 0) is 29.1 Å². The van der Waals surface area contributed by atoms with E-state index >= 15 is 0 Å². The van der Waals surface area contributed by atoms with Crippen molar-refractivity contribution in [3.05, 3.63) is 144 Å². The summed E-state index contributed by atoms with van der Waals surface area (Å²) in [5, 5.41) is 11.7. The fraction of sp³-hybridized carbons (Fsp3) is 0. The Morgan fingerprint density at radius 2 is 0.951 bits per heavy atom. The molecular formula is C32H24N4O2S2Zn. The van der Waals surface area contributed by atoms with E-state index in [1.54, 1.807) is 48.9 Å². The number of benzene rings is 2. The van der Waals surface area contributed by atoms with Crippen molar-refractivity contribution in [1.29, 1.82) is 0 Å². The van der Waals surface area contributed by atoms with Gasteiger partial charge < -0.3 is 10.6 Å². The van der Waals surface area contributed by atoms with E-state index in [0.29, 0.717) is 11.1 Å². The van der Waals surface area contributed by atoms with Crippen LogP contribution in [0.5, 0.6) is 0 Å². The second-order valence-corrected chi connectivity index (χ2v) is 10.2. The van der Waals surface area contributed by atoms with Gasteiger partial charge in [-0.2, -0.15) is 0 Å². The molecule has 0 saturated carbocycles. The van der Waals surface area contributed by atoms with Gasteiger partial charge in [-0.15, -0.1) is 22.7 Å². The first-order valence-electron chi connectivity index (χ1n) is 12.4. The van der Waals surface area contributed by atoms with Gasteiger partial charge in [-0.1, -0.05) is 85.0 Å². The number of ketones is 2. The number of nitrogens with zero attached hydrogens (tertiary/aromatic N) is 2. The minimum absolute atomic E-state index is 0. The van der Waals surface area contributed by atoms with Crippen molar-refractivity contribution in [2.45, 2.75) is 0 Å². The molecule has 9 heteroatoms. The topological polar surface area (TPSA) is 84.0 Å². The molecule has 4 aromatic rings. The average Bonchev–Trinajstić information content (AvgIpc) is 3.68. The van der Waals surface area contributed by atoms with Crippen molar-refractivity contribution in [3.63, 3.8) is 0 Å². The van der Waals surface area contributed by atoms with Crippen molar-refractivity contribution in [1.82, 2.24) is 9.97 Å². The predicted molar refractivity (Wildman–Crippen MR) is 165 cm³/mol. The molecule has 6 nitrogen and oxygen atoms in total. The first-order valence-corrected chi connectivity index (χ1v) is 14.1. The second kappa shape index (κ2) is 14.9. The zero-order valence-electron chi connectivity index (χ0n) is 21.9. The largest absolute Gasteiger partial charge is 0.337 e. The molecular weight excluding hydrogens is 602 g/mol. The standard InChI is InChI=1S/2C16H12N2OS.Zn/c2*19-15-9-5-4-8-13(15)10-17-16-18-14(11-20-16)12-6-2-1-3-7-12;/h2*1-11H,(H,17,18);. The first kappa shape index (κ1) is 29.7. The van der Waals surface area contributed by atoms with Crippen molar-refractivity contribution in [2.75, 3.05) is 10.6 Å². The Morgan fingerprint density at radius 1 is 0.561 bits per heavy atom. The number of thiazole rings is 2. The Balaban J connectivity index is 0.000000184. The minimum Gasteiger partial charge on any atom is -0.337 e. The van der Waals surface area contributed by atoms with Crippen molar-refractivity contribution < 1.29 is 29.1 Å². The third kappa shape index (κ3) is 8.35. The van der Waals surface area contributed by atoms with Crippen LogP contribution in [0.1, 0.15) is 0 Å². The molecule has 0 bridgehead atoms. The summed E-state index contributed by atoms with van der Waals surface area (Å²) in [5.41, 5.74) is 5.29. The molecule has 0 unspecified atom stereocenters. The Labute approximate surface area is 259 Å². The van der Waals surface area contributed by atoms with E-state index in [4.69, 9.17) is 0 Å². The van der Waals surface area contributed by atoms with Crippen LogP contribution in [0.4, 0.5) is 10.3 Å². The first-order chi connectivity index (χ1) is 19.7. The van der Waals surface area contributed by atoms with Crippen LogP contribution >= 0.6 is 22.7 Å². The molecule has 2 heterocycles. The van der Waals surface area contributed by atoms with Gasteiger partial charge in [0.05, 0.1) is 11.4 Å². The summed E-state index contributed by atoms with van der Waals surface area (Å²) in [4.78, 5) is 32.2. The molecule has 0 atom stereocenters. The molecule has 198 valence electrons. The van der Waals surface area contributed by atoms with Gasteiger partial charge in [-0.05, 0) is 24.3 Å². The molecule has 2 N–H and O–H groups in total. The summed E-state index contributed by atoms with van der Waals surface area (Å²) in [7, 11) is 0. The van der Waals surface area contributed by atoms with Gasteiger partial charge >= 0.3 is 0 Å². The third-order valence-electron chi connectivity index (χ3n) is 5.69. The number of anilines is 2. The fourth-order valence-corrected chi connectivity index (χ4v) is 5.02. The van der Waals surface area contributed by atoms with Gasteiger partial charge in [0.15, 0.2) is 21.8 Å². The predicted octanol–water partition coefficient (Wildman–Crippen LogP) is 7.60. The molecule has 0 spiro atoms. The summed E-state index contributed by atoms with van der Waals surface area (Å²) in [5.74, 6) is -0.000298. The maximum atomic E-state index is 11.6. The van der Waals surface area contributed by atoms with Gasteiger partial charge in [-0.3, -0.25) is 9.59 Å². The van der Waals surface area contributed by atoms with Crippen LogP contribution in [0, 0.1) is 0 Å². The number of nitrogens with one attached hydrogen (secondary N) is 2. The van der Waals surface area contributed by atoms with Crippen LogP contribution in [0.15, 0.2) is 144 Å².